The van der Waals surface area contributed by atoms with Crippen LogP contribution in [0.4, 0.5) is 0 Å². The molecule has 66 valence electrons. The number of nitrogens with zero attached hydrogens (tertiary/aromatic N) is 2. The highest BCUT2D eigenvalue weighted by molar-refractivity contribution is 5.19. The van der Waals surface area contributed by atoms with Gasteiger partial charge in [0.05, 0.1) is 5.69 Å². The molecule has 2 nitrogen and oxygen atoms in total. The highest BCUT2D eigenvalue weighted by atomic mass is 15.3. The summed E-state index contributed by atoms with van der Waals surface area (Å²) in [6.45, 7) is 7.78. The Kier molecular flexibility index (Phi) is 1.53. The van der Waals surface area contributed by atoms with Crippen LogP contribution in [0.15, 0.2) is 6.07 Å². The molecule has 0 saturated carbocycles. The molecule has 0 aliphatic carbocycles. The van der Waals surface area contributed by atoms with E-state index < -0.39 is 0 Å². The van der Waals surface area contributed by atoms with E-state index in [4.69, 9.17) is 0 Å². The minimum atomic E-state index is 0.333. The standard InChI is InChI=1S/C10H16N2/c1-8-7-9-10(2,3)5-4-6-12(9)11-8/h7H,4-6H2,1-3H3. The molecule has 0 radical (unpaired) electrons. The summed E-state index contributed by atoms with van der Waals surface area (Å²) in [5.41, 5.74) is 2.89. The second-order valence-corrected chi connectivity index (χ2v) is 4.38. The van der Waals surface area contributed by atoms with E-state index in [0.717, 1.165) is 12.2 Å². The summed E-state index contributed by atoms with van der Waals surface area (Å²) in [7, 11) is 0. The van der Waals surface area contributed by atoms with Crippen LogP contribution in [0.5, 0.6) is 0 Å². The number of aryl methyl sites for hydroxylation is 2. The van der Waals surface area contributed by atoms with Crippen molar-refractivity contribution in [1.82, 2.24) is 9.78 Å². The molecule has 0 saturated heterocycles. The average Bonchev–Trinajstić information content (AvgIpc) is 2.30. The molecule has 2 rings (SSSR count). The highest BCUT2D eigenvalue weighted by Gasteiger charge is 2.28. The number of rotatable bonds is 0. The summed E-state index contributed by atoms with van der Waals surface area (Å²) in [4.78, 5) is 0. The highest BCUT2D eigenvalue weighted by Crippen LogP contribution is 2.32. The zero-order chi connectivity index (χ0) is 8.77. The Morgan fingerprint density at radius 1 is 1.50 bits per heavy atom. The van der Waals surface area contributed by atoms with Gasteiger partial charge >= 0.3 is 0 Å². The van der Waals surface area contributed by atoms with E-state index in [9.17, 15) is 0 Å². The number of fused-ring (bicyclic) bond motifs is 1. The van der Waals surface area contributed by atoms with Crippen LogP contribution < -0.4 is 0 Å². The molecule has 1 aromatic heterocycles. The van der Waals surface area contributed by atoms with Gasteiger partial charge in [0.15, 0.2) is 0 Å². The van der Waals surface area contributed by atoms with E-state index in [1.54, 1.807) is 0 Å². The smallest absolute Gasteiger partial charge is 0.0596 e. The van der Waals surface area contributed by atoms with Crippen molar-refractivity contribution in [1.29, 1.82) is 0 Å². The number of hydrogen-bond donors (Lipinski definition) is 0. The lowest BCUT2D eigenvalue weighted by Gasteiger charge is -2.30. The fraction of sp³-hybridized carbons (Fsp3) is 0.700. The fourth-order valence-corrected chi connectivity index (χ4v) is 2.06. The maximum absolute atomic E-state index is 4.46. The van der Waals surface area contributed by atoms with Gasteiger partial charge in [0.2, 0.25) is 0 Å². The maximum Gasteiger partial charge on any atom is 0.0596 e. The van der Waals surface area contributed by atoms with Gasteiger partial charge in [0.1, 0.15) is 0 Å². The zero-order valence-electron chi connectivity index (χ0n) is 8.09. The van der Waals surface area contributed by atoms with Crippen molar-refractivity contribution in [3.8, 4) is 0 Å². The van der Waals surface area contributed by atoms with Gasteiger partial charge in [0.25, 0.3) is 0 Å². The van der Waals surface area contributed by atoms with Crippen molar-refractivity contribution in [2.75, 3.05) is 0 Å². The molecule has 0 bridgehead atoms. The summed E-state index contributed by atoms with van der Waals surface area (Å²) in [6.07, 6.45) is 2.55. The monoisotopic (exact) mass is 164 g/mol. The van der Waals surface area contributed by atoms with Crippen molar-refractivity contribution in [3.63, 3.8) is 0 Å². The quantitative estimate of drug-likeness (QED) is 0.575. The molecule has 0 spiro atoms. The van der Waals surface area contributed by atoms with E-state index >= 15 is 0 Å². The van der Waals surface area contributed by atoms with Crippen LogP contribution in [0.25, 0.3) is 0 Å². The zero-order valence-corrected chi connectivity index (χ0v) is 8.09. The second kappa shape index (κ2) is 2.35. The molecule has 1 aromatic rings. The molecule has 0 amide bonds. The normalized spacial score (nSPS) is 20.6. The molecule has 1 aliphatic heterocycles. The lowest BCUT2D eigenvalue weighted by Crippen LogP contribution is -2.27. The van der Waals surface area contributed by atoms with Crippen LogP contribution in [0.2, 0.25) is 0 Å². The predicted molar refractivity (Wildman–Crippen MR) is 49.2 cm³/mol. The molecular formula is C10H16N2. The lowest BCUT2D eigenvalue weighted by atomic mass is 9.82. The van der Waals surface area contributed by atoms with Crippen LogP contribution in [0.3, 0.4) is 0 Å². The Balaban J connectivity index is 2.51. The van der Waals surface area contributed by atoms with Gasteiger partial charge in [-0.15, -0.1) is 0 Å². The molecule has 1 aliphatic rings. The van der Waals surface area contributed by atoms with Crippen molar-refractivity contribution in [2.24, 2.45) is 0 Å². The third-order valence-corrected chi connectivity index (χ3v) is 2.77. The first kappa shape index (κ1) is 7.84. The van der Waals surface area contributed by atoms with Gasteiger partial charge in [-0.25, -0.2) is 0 Å². The average molecular weight is 164 g/mol. The Morgan fingerprint density at radius 3 is 2.92 bits per heavy atom. The van der Waals surface area contributed by atoms with Gasteiger partial charge < -0.3 is 0 Å². The molecule has 0 unspecified atom stereocenters. The fourth-order valence-electron chi connectivity index (χ4n) is 2.06. The molecule has 0 N–H and O–H groups in total. The van der Waals surface area contributed by atoms with E-state index in [1.807, 2.05) is 0 Å². The summed E-state index contributed by atoms with van der Waals surface area (Å²) >= 11 is 0. The Hall–Kier alpha value is -0.790. The summed E-state index contributed by atoms with van der Waals surface area (Å²) in [5.74, 6) is 0. The third-order valence-electron chi connectivity index (χ3n) is 2.77. The molecule has 2 heterocycles. The minimum absolute atomic E-state index is 0.333. The molecular weight excluding hydrogens is 148 g/mol. The molecule has 12 heavy (non-hydrogen) atoms. The summed E-state index contributed by atoms with van der Waals surface area (Å²) < 4.78 is 2.17. The molecule has 0 atom stereocenters. The van der Waals surface area contributed by atoms with Crippen LogP contribution in [0.1, 0.15) is 38.1 Å². The van der Waals surface area contributed by atoms with Crippen molar-refractivity contribution < 1.29 is 0 Å². The minimum Gasteiger partial charge on any atom is -0.269 e. The van der Waals surface area contributed by atoms with Gasteiger partial charge in [-0.1, -0.05) is 13.8 Å². The van der Waals surface area contributed by atoms with Gasteiger partial charge in [-0.3, -0.25) is 4.68 Å². The molecule has 0 aromatic carbocycles. The Morgan fingerprint density at radius 2 is 2.25 bits per heavy atom. The SMILES string of the molecule is Cc1cc2n(n1)CCCC2(C)C. The number of hydrogen-bond acceptors (Lipinski definition) is 1. The maximum atomic E-state index is 4.46. The topological polar surface area (TPSA) is 17.8 Å². The largest absolute Gasteiger partial charge is 0.269 e. The van der Waals surface area contributed by atoms with Crippen molar-refractivity contribution in [3.05, 3.63) is 17.5 Å². The molecule has 2 heteroatoms. The first-order valence-corrected chi connectivity index (χ1v) is 4.64. The molecule has 0 fully saturated rings. The third kappa shape index (κ3) is 1.06. The van der Waals surface area contributed by atoms with E-state index in [0.29, 0.717) is 5.41 Å². The van der Waals surface area contributed by atoms with Crippen LogP contribution in [-0.4, -0.2) is 9.78 Å². The Bertz CT molecular complexity index is 297. The van der Waals surface area contributed by atoms with Gasteiger partial charge in [-0.05, 0) is 25.8 Å². The number of aromatic nitrogens is 2. The van der Waals surface area contributed by atoms with E-state index in [2.05, 4.69) is 36.6 Å². The van der Waals surface area contributed by atoms with Gasteiger partial charge in [-0.2, -0.15) is 5.10 Å². The van der Waals surface area contributed by atoms with E-state index in [1.165, 1.54) is 18.5 Å². The van der Waals surface area contributed by atoms with Crippen LogP contribution in [0, 0.1) is 6.92 Å². The first-order chi connectivity index (χ1) is 5.59. The second-order valence-electron chi connectivity index (χ2n) is 4.38. The first-order valence-electron chi connectivity index (χ1n) is 4.64. The van der Waals surface area contributed by atoms with Crippen molar-refractivity contribution >= 4 is 0 Å². The van der Waals surface area contributed by atoms with Gasteiger partial charge in [0, 0.05) is 17.7 Å². The Labute approximate surface area is 73.6 Å². The summed E-state index contributed by atoms with van der Waals surface area (Å²) in [6, 6.07) is 2.22. The van der Waals surface area contributed by atoms with E-state index in [-0.39, 0.29) is 0 Å². The van der Waals surface area contributed by atoms with Crippen LogP contribution >= 0.6 is 0 Å². The predicted octanol–water partition coefficient (Wildman–Crippen LogP) is 2.26. The van der Waals surface area contributed by atoms with Crippen LogP contribution in [-0.2, 0) is 12.0 Å². The van der Waals surface area contributed by atoms with Crippen molar-refractivity contribution in [2.45, 2.75) is 45.6 Å². The lowest BCUT2D eigenvalue weighted by molar-refractivity contribution is 0.343. The summed E-state index contributed by atoms with van der Waals surface area (Å²) in [5, 5.41) is 4.46.